The third-order valence-electron chi connectivity index (χ3n) is 8.18. The maximum atomic E-state index is 12.8. The lowest BCUT2D eigenvalue weighted by atomic mass is 9.91. The molecule has 5 aromatic carbocycles. The van der Waals surface area contributed by atoms with Crippen LogP contribution in [0.25, 0.3) is 0 Å². The minimum atomic E-state index is -0.975. The van der Waals surface area contributed by atoms with Gasteiger partial charge in [-0.3, -0.25) is 0 Å². The number of rotatable bonds is 11. The van der Waals surface area contributed by atoms with Gasteiger partial charge in [-0.2, -0.15) is 0 Å². The first kappa shape index (κ1) is 33.8. The second-order valence-corrected chi connectivity index (χ2v) is 12.6. The fourth-order valence-corrected chi connectivity index (χ4v) is 6.71. The summed E-state index contributed by atoms with van der Waals surface area (Å²) in [6, 6.07) is 38.0. The number of hydrogen-bond donors (Lipinski definition) is 4. The summed E-state index contributed by atoms with van der Waals surface area (Å²) in [5, 5.41) is 24.9. The third kappa shape index (κ3) is 8.67. The van der Waals surface area contributed by atoms with Gasteiger partial charge in [-0.05, 0) is 71.8 Å². The van der Waals surface area contributed by atoms with Gasteiger partial charge in [0.15, 0.2) is 6.29 Å². The minimum absolute atomic E-state index is 0.0518. The van der Waals surface area contributed by atoms with Crippen LogP contribution in [-0.4, -0.2) is 34.1 Å². The standard InChI is InChI=1S/C39H36N2O7S/c1-25-34(24-49-35-10-6-5-9-33(35)37(43)44)47-38(48-36(25)27-13-11-26(23-42)12-14-27)28-15-17-29(18-16-28)40-39(45)41-30-19-21-32(22-20-30)46-31-7-3-2-4-8-31/h2-22,25,34,36,38,42H,23-24H2,1H3,(H,43,44)(H2,40,41,45)/t25-,34+,36+,38+/m0/s1. The number of carbonyl (C=O) groups excluding carboxylic acids is 1. The number of aliphatic hydroxyl groups excluding tert-OH is 1. The number of ether oxygens (including phenoxy) is 3. The number of amides is 2. The number of aromatic carboxylic acids is 1. The van der Waals surface area contributed by atoms with Crippen LogP contribution >= 0.6 is 11.8 Å². The second kappa shape index (κ2) is 15.8. The molecule has 1 saturated heterocycles. The molecule has 0 spiro atoms. The van der Waals surface area contributed by atoms with Crippen molar-refractivity contribution in [2.24, 2.45) is 5.92 Å². The van der Waals surface area contributed by atoms with E-state index in [1.54, 1.807) is 54.6 Å². The number of hydrogen-bond acceptors (Lipinski definition) is 7. The van der Waals surface area contributed by atoms with Crippen molar-refractivity contribution in [1.29, 1.82) is 0 Å². The molecule has 5 aromatic rings. The normalized spacial score (nSPS) is 18.7. The van der Waals surface area contributed by atoms with E-state index in [4.69, 9.17) is 14.2 Å². The molecule has 1 aliphatic rings. The molecule has 49 heavy (non-hydrogen) atoms. The van der Waals surface area contributed by atoms with E-state index >= 15 is 0 Å². The molecule has 1 heterocycles. The van der Waals surface area contributed by atoms with Crippen molar-refractivity contribution < 1.29 is 34.0 Å². The summed E-state index contributed by atoms with van der Waals surface area (Å²) in [6.45, 7) is 2.01. The lowest BCUT2D eigenvalue weighted by molar-refractivity contribution is -0.268. The van der Waals surface area contributed by atoms with Crippen LogP contribution in [0.4, 0.5) is 16.2 Å². The molecular formula is C39H36N2O7S. The van der Waals surface area contributed by atoms with Gasteiger partial charge in [0.1, 0.15) is 11.5 Å². The number of para-hydroxylation sites is 1. The third-order valence-corrected chi connectivity index (χ3v) is 9.34. The Morgan fingerprint density at radius 1 is 0.735 bits per heavy atom. The van der Waals surface area contributed by atoms with Gasteiger partial charge in [0, 0.05) is 33.5 Å². The zero-order chi connectivity index (χ0) is 34.2. The van der Waals surface area contributed by atoms with E-state index in [1.807, 2.05) is 72.8 Å². The largest absolute Gasteiger partial charge is 0.478 e. The SMILES string of the molecule is C[C@H]1[C@@H](CSc2ccccc2C(=O)O)O[C@@H](c2ccc(NC(=O)Nc3ccc(Oc4ccccc4)cc3)cc2)O[C@H]1c1ccc(CO)cc1. The highest BCUT2D eigenvalue weighted by Crippen LogP contribution is 2.43. The van der Waals surface area contributed by atoms with Gasteiger partial charge in [-0.1, -0.05) is 73.7 Å². The molecular weight excluding hydrogens is 641 g/mol. The van der Waals surface area contributed by atoms with E-state index < -0.39 is 18.3 Å². The summed E-state index contributed by atoms with van der Waals surface area (Å²) in [5.41, 5.74) is 3.97. The number of urea groups is 1. The average Bonchev–Trinajstić information content (AvgIpc) is 3.13. The zero-order valence-electron chi connectivity index (χ0n) is 26.7. The summed E-state index contributed by atoms with van der Waals surface area (Å²) in [5.74, 6) is 0.855. The van der Waals surface area contributed by atoms with Gasteiger partial charge in [0.05, 0.1) is 24.4 Å². The first-order valence-corrected chi connectivity index (χ1v) is 16.8. The maximum absolute atomic E-state index is 12.8. The van der Waals surface area contributed by atoms with Crippen LogP contribution in [0.5, 0.6) is 11.5 Å². The number of benzene rings is 5. The van der Waals surface area contributed by atoms with Crippen molar-refractivity contribution in [1.82, 2.24) is 0 Å². The van der Waals surface area contributed by atoms with E-state index in [9.17, 15) is 19.8 Å². The van der Waals surface area contributed by atoms with Crippen molar-refractivity contribution in [3.63, 3.8) is 0 Å². The first-order chi connectivity index (χ1) is 23.9. The first-order valence-electron chi connectivity index (χ1n) is 15.8. The fourth-order valence-electron chi connectivity index (χ4n) is 5.50. The van der Waals surface area contributed by atoms with Crippen molar-refractivity contribution in [2.75, 3.05) is 16.4 Å². The van der Waals surface area contributed by atoms with Crippen molar-refractivity contribution in [3.05, 3.63) is 150 Å². The smallest absolute Gasteiger partial charge is 0.336 e. The van der Waals surface area contributed by atoms with E-state index in [1.165, 1.54) is 11.8 Å². The van der Waals surface area contributed by atoms with E-state index in [2.05, 4.69) is 17.6 Å². The Morgan fingerprint density at radius 3 is 1.98 bits per heavy atom. The van der Waals surface area contributed by atoms with Gasteiger partial charge >= 0.3 is 12.0 Å². The van der Waals surface area contributed by atoms with Crippen LogP contribution in [-0.2, 0) is 16.1 Å². The number of carbonyl (C=O) groups is 2. The molecule has 4 N–H and O–H groups in total. The van der Waals surface area contributed by atoms with Crippen LogP contribution in [0.1, 0.15) is 46.4 Å². The van der Waals surface area contributed by atoms with Gasteiger partial charge in [-0.25, -0.2) is 9.59 Å². The van der Waals surface area contributed by atoms with E-state index in [-0.39, 0.29) is 30.3 Å². The van der Waals surface area contributed by atoms with Crippen LogP contribution < -0.4 is 15.4 Å². The Labute approximate surface area is 288 Å². The highest BCUT2D eigenvalue weighted by atomic mass is 32.2. The predicted octanol–water partition coefficient (Wildman–Crippen LogP) is 8.90. The molecule has 250 valence electrons. The van der Waals surface area contributed by atoms with Gasteiger partial charge in [-0.15, -0.1) is 11.8 Å². The predicted molar refractivity (Wildman–Crippen MR) is 189 cm³/mol. The molecule has 0 unspecified atom stereocenters. The topological polar surface area (TPSA) is 126 Å². The monoisotopic (exact) mass is 676 g/mol. The molecule has 10 heteroatoms. The molecule has 0 radical (unpaired) electrons. The van der Waals surface area contributed by atoms with E-state index in [0.29, 0.717) is 27.8 Å². The molecule has 9 nitrogen and oxygen atoms in total. The second-order valence-electron chi connectivity index (χ2n) is 11.6. The fraction of sp³-hybridized carbons (Fsp3) is 0.179. The summed E-state index contributed by atoms with van der Waals surface area (Å²) in [6.07, 6.45) is -1.31. The molecule has 1 fully saturated rings. The summed E-state index contributed by atoms with van der Waals surface area (Å²) >= 11 is 1.44. The lowest BCUT2D eigenvalue weighted by Gasteiger charge is -2.41. The molecule has 0 aromatic heterocycles. The Balaban J connectivity index is 1.12. The molecule has 0 bridgehead atoms. The van der Waals surface area contributed by atoms with Crippen LogP contribution in [0.2, 0.25) is 0 Å². The minimum Gasteiger partial charge on any atom is -0.478 e. The zero-order valence-corrected chi connectivity index (χ0v) is 27.5. The molecule has 0 aliphatic carbocycles. The van der Waals surface area contributed by atoms with Crippen LogP contribution in [0.3, 0.4) is 0 Å². The lowest BCUT2D eigenvalue weighted by Crippen LogP contribution is -2.38. The molecule has 4 atom stereocenters. The number of thioether (sulfide) groups is 1. The van der Waals surface area contributed by atoms with Crippen molar-refractivity contribution in [3.8, 4) is 11.5 Å². The Hall–Kier alpha value is -5.13. The highest BCUT2D eigenvalue weighted by Gasteiger charge is 2.38. The number of carboxylic acids is 1. The Bertz CT molecular complexity index is 1850. The number of anilines is 2. The molecule has 6 rings (SSSR count). The molecule has 1 aliphatic heterocycles. The van der Waals surface area contributed by atoms with Crippen LogP contribution in [0, 0.1) is 5.92 Å². The van der Waals surface area contributed by atoms with Crippen molar-refractivity contribution in [2.45, 2.75) is 36.9 Å². The molecule has 2 amide bonds. The Kier molecular flexibility index (Phi) is 10.9. The average molecular weight is 677 g/mol. The van der Waals surface area contributed by atoms with Gasteiger partial charge in [0.25, 0.3) is 0 Å². The van der Waals surface area contributed by atoms with E-state index in [0.717, 1.165) is 22.4 Å². The molecule has 0 saturated carbocycles. The number of nitrogens with one attached hydrogen (secondary N) is 2. The number of carboxylic acid groups (broad SMARTS) is 1. The number of aliphatic hydroxyl groups is 1. The van der Waals surface area contributed by atoms with Crippen LogP contribution in [0.15, 0.2) is 132 Å². The summed E-state index contributed by atoms with van der Waals surface area (Å²) < 4.78 is 18.9. The quantitative estimate of drug-likeness (QED) is 0.102. The Morgan fingerprint density at radius 2 is 1.33 bits per heavy atom. The highest BCUT2D eigenvalue weighted by molar-refractivity contribution is 7.99. The summed E-state index contributed by atoms with van der Waals surface area (Å²) in [4.78, 5) is 25.2. The van der Waals surface area contributed by atoms with Crippen molar-refractivity contribution >= 4 is 35.1 Å². The van der Waals surface area contributed by atoms with Gasteiger partial charge in [0.2, 0.25) is 0 Å². The summed E-state index contributed by atoms with van der Waals surface area (Å²) in [7, 11) is 0. The maximum Gasteiger partial charge on any atom is 0.336 e. The van der Waals surface area contributed by atoms with Gasteiger partial charge < -0.3 is 35.1 Å².